The molecule has 1 aromatic heterocycles. The molecule has 2 N–H and O–H groups in total. The van der Waals surface area contributed by atoms with E-state index in [0.29, 0.717) is 6.54 Å². The van der Waals surface area contributed by atoms with Crippen LogP contribution in [0.3, 0.4) is 0 Å². The van der Waals surface area contributed by atoms with E-state index < -0.39 is 0 Å². The molecule has 1 rings (SSSR count). The third-order valence-electron chi connectivity index (χ3n) is 2.29. The predicted octanol–water partition coefficient (Wildman–Crippen LogP) is 1.53. The first kappa shape index (κ1) is 14.9. The molecule has 0 saturated heterocycles. The van der Waals surface area contributed by atoms with Gasteiger partial charge in [0.2, 0.25) is 5.91 Å². The van der Waals surface area contributed by atoms with Crippen molar-refractivity contribution < 1.29 is 4.79 Å². The summed E-state index contributed by atoms with van der Waals surface area (Å²) in [7, 11) is 1.94. The monoisotopic (exact) mass is 270 g/mol. The molecule has 0 spiro atoms. The summed E-state index contributed by atoms with van der Waals surface area (Å²) in [6.45, 7) is 6.89. The predicted molar refractivity (Wildman–Crippen MR) is 75.9 cm³/mol. The highest BCUT2D eigenvalue weighted by Crippen LogP contribution is 2.18. The Balaban J connectivity index is 2.34. The molecule has 0 saturated carbocycles. The summed E-state index contributed by atoms with van der Waals surface area (Å²) in [6, 6.07) is 0. The largest absolute Gasteiger partial charge is 0.362 e. The van der Waals surface area contributed by atoms with Gasteiger partial charge in [0.25, 0.3) is 0 Å². The van der Waals surface area contributed by atoms with Gasteiger partial charge in [-0.3, -0.25) is 9.69 Å². The van der Waals surface area contributed by atoms with Gasteiger partial charge in [-0.15, -0.1) is 11.3 Å². The third kappa shape index (κ3) is 5.46. The second kappa shape index (κ2) is 8.05. The van der Waals surface area contributed by atoms with Gasteiger partial charge >= 0.3 is 0 Å². The van der Waals surface area contributed by atoms with Gasteiger partial charge in [-0.25, -0.2) is 4.98 Å². The minimum Gasteiger partial charge on any atom is -0.362 e. The number of nitrogens with zero attached hydrogens (tertiary/aromatic N) is 2. The highest BCUT2D eigenvalue weighted by molar-refractivity contribution is 7.15. The molecule has 1 heterocycles. The van der Waals surface area contributed by atoms with E-state index in [0.717, 1.165) is 36.1 Å². The Kier molecular flexibility index (Phi) is 6.67. The zero-order valence-corrected chi connectivity index (χ0v) is 12.1. The number of rotatable bonds is 8. The number of hydrogen-bond acceptors (Lipinski definition) is 5. The van der Waals surface area contributed by atoms with Crippen LogP contribution in [0.4, 0.5) is 5.13 Å². The number of nitrogens with one attached hydrogen (secondary N) is 2. The molecule has 102 valence electrons. The van der Waals surface area contributed by atoms with Crippen LogP contribution in [0.2, 0.25) is 0 Å². The Labute approximate surface area is 113 Å². The summed E-state index contributed by atoms with van der Waals surface area (Å²) in [5.41, 5.74) is 0. The summed E-state index contributed by atoms with van der Waals surface area (Å²) in [5, 5.41) is 6.99. The Bertz CT molecular complexity index is 367. The summed E-state index contributed by atoms with van der Waals surface area (Å²) in [5.74, 6) is 0.0794. The molecule has 0 aromatic carbocycles. The number of likely N-dealkylation sites (N-methyl/N-ethyl adjacent to an activating group) is 1. The van der Waals surface area contributed by atoms with Gasteiger partial charge in [0.15, 0.2) is 5.13 Å². The maximum atomic E-state index is 11.5. The van der Waals surface area contributed by atoms with Crippen molar-refractivity contribution in [2.24, 2.45) is 0 Å². The average molecular weight is 270 g/mol. The molecule has 0 aliphatic carbocycles. The van der Waals surface area contributed by atoms with Crippen molar-refractivity contribution in [3.8, 4) is 0 Å². The van der Waals surface area contributed by atoms with Crippen LogP contribution in [0.25, 0.3) is 0 Å². The fourth-order valence-corrected chi connectivity index (χ4v) is 2.46. The first-order valence-electron chi connectivity index (χ1n) is 6.29. The molecule has 0 bridgehead atoms. The number of aromatic nitrogens is 1. The fraction of sp³-hybridized carbons (Fsp3) is 0.667. The zero-order valence-electron chi connectivity index (χ0n) is 11.3. The highest BCUT2D eigenvalue weighted by Gasteiger charge is 2.08. The summed E-state index contributed by atoms with van der Waals surface area (Å²) in [4.78, 5) is 19.0. The SMILES string of the molecule is CCCNC(=O)CN(C)Cc1cnc(NCC)s1. The molecule has 0 radical (unpaired) electrons. The fourth-order valence-electron chi connectivity index (χ4n) is 1.50. The number of carbonyl (C=O) groups excluding carboxylic acids is 1. The number of hydrogen-bond donors (Lipinski definition) is 2. The van der Waals surface area contributed by atoms with Gasteiger partial charge in [-0.05, 0) is 20.4 Å². The van der Waals surface area contributed by atoms with Gasteiger partial charge in [0.05, 0.1) is 6.54 Å². The van der Waals surface area contributed by atoms with Crippen molar-refractivity contribution in [3.05, 3.63) is 11.1 Å². The van der Waals surface area contributed by atoms with Gasteiger partial charge < -0.3 is 10.6 Å². The molecule has 5 nitrogen and oxygen atoms in total. The van der Waals surface area contributed by atoms with E-state index in [-0.39, 0.29) is 5.91 Å². The van der Waals surface area contributed by atoms with Gasteiger partial charge in [-0.1, -0.05) is 6.92 Å². The Hall–Kier alpha value is -1.14. The quantitative estimate of drug-likeness (QED) is 0.752. The number of amides is 1. The van der Waals surface area contributed by atoms with Crippen LogP contribution in [-0.4, -0.2) is 42.5 Å². The minimum absolute atomic E-state index is 0.0794. The molecule has 0 aliphatic rings. The van der Waals surface area contributed by atoms with Crippen LogP contribution in [0.1, 0.15) is 25.1 Å². The molecule has 0 aliphatic heterocycles. The maximum Gasteiger partial charge on any atom is 0.234 e. The van der Waals surface area contributed by atoms with Gasteiger partial charge in [0.1, 0.15) is 0 Å². The number of thiazole rings is 1. The third-order valence-corrected chi connectivity index (χ3v) is 3.23. The van der Waals surface area contributed by atoms with Crippen molar-refractivity contribution in [2.75, 3.05) is 32.0 Å². The molecular formula is C12H22N4OS. The standard InChI is InChI=1S/C12H22N4OS/c1-4-6-14-11(17)9-16(3)8-10-7-15-12(18-10)13-5-2/h7H,4-6,8-9H2,1-3H3,(H,13,15)(H,14,17). The van der Waals surface area contributed by atoms with E-state index >= 15 is 0 Å². The Morgan fingerprint density at radius 1 is 1.50 bits per heavy atom. The number of carbonyl (C=O) groups is 1. The van der Waals surface area contributed by atoms with E-state index in [1.807, 2.05) is 32.0 Å². The molecule has 6 heteroatoms. The first-order chi connectivity index (χ1) is 8.65. The molecule has 18 heavy (non-hydrogen) atoms. The van der Waals surface area contributed by atoms with Crippen LogP contribution in [-0.2, 0) is 11.3 Å². The van der Waals surface area contributed by atoms with E-state index in [2.05, 4.69) is 15.6 Å². The Morgan fingerprint density at radius 3 is 2.94 bits per heavy atom. The lowest BCUT2D eigenvalue weighted by molar-refractivity contribution is -0.122. The first-order valence-corrected chi connectivity index (χ1v) is 7.11. The topological polar surface area (TPSA) is 57.3 Å². The molecular weight excluding hydrogens is 248 g/mol. The molecule has 0 atom stereocenters. The Morgan fingerprint density at radius 2 is 2.28 bits per heavy atom. The average Bonchev–Trinajstić information content (AvgIpc) is 2.74. The molecule has 1 aromatic rings. The van der Waals surface area contributed by atoms with Crippen LogP contribution < -0.4 is 10.6 Å². The number of anilines is 1. The highest BCUT2D eigenvalue weighted by atomic mass is 32.1. The second-order valence-electron chi connectivity index (χ2n) is 4.18. The van der Waals surface area contributed by atoms with Crippen molar-refractivity contribution in [2.45, 2.75) is 26.8 Å². The van der Waals surface area contributed by atoms with E-state index in [4.69, 9.17) is 0 Å². The maximum absolute atomic E-state index is 11.5. The summed E-state index contributed by atoms with van der Waals surface area (Å²) >= 11 is 1.64. The van der Waals surface area contributed by atoms with E-state index in [1.165, 1.54) is 0 Å². The lowest BCUT2D eigenvalue weighted by Gasteiger charge is -2.14. The zero-order chi connectivity index (χ0) is 13.4. The normalized spacial score (nSPS) is 10.7. The van der Waals surface area contributed by atoms with E-state index in [1.54, 1.807) is 11.3 Å². The summed E-state index contributed by atoms with van der Waals surface area (Å²) in [6.07, 6.45) is 2.83. The molecule has 0 fully saturated rings. The van der Waals surface area contributed by atoms with Crippen molar-refractivity contribution in [1.29, 1.82) is 0 Å². The van der Waals surface area contributed by atoms with Crippen LogP contribution in [0, 0.1) is 0 Å². The van der Waals surface area contributed by atoms with Crippen LogP contribution in [0.15, 0.2) is 6.20 Å². The van der Waals surface area contributed by atoms with Crippen LogP contribution in [0.5, 0.6) is 0 Å². The molecule has 1 amide bonds. The molecule has 0 unspecified atom stereocenters. The van der Waals surface area contributed by atoms with Crippen LogP contribution >= 0.6 is 11.3 Å². The van der Waals surface area contributed by atoms with E-state index in [9.17, 15) is 4.79 Å². The minimum atomic E-state index is 0.0794. The smallest absolute Gasteiger partial charge is 0.234 e. The lowest BCUT2D eigenvalue weighted by atomic mass is 10.4. The lowest BCUT2D eigenvalue weighted by Crippen LogP contribution is -2.35. The van der Waals surface area contributed by atoms with Crippen molar-refractivity contribution >= 4 is 22.4 Å². The summed E-state index contributed by atoms with van der Waals surface area (Å²) < 4.78 is 0. The van der Waals surface area contributed by atoms with Gasteiger partial charge in [0, 0.05) is 30.7 Å². The van der Waals surface area contributed by atoms with Crippen molar-refractivity contribution in [1.82, 2.24) is 15.2 Å². The van der Waals surface area contributed by atoms with Crippen molar-refractivity contribution in [3.63, 3.8) is 0 Å². The van der Waals surface area contributed by atoms with Gasteiger partial charge in [-0.2, -0.15) is 0 Å². The second-order valence-corrected chi connectivity index (χ2v) is 5.30.